The Morgan fingerprint density at radius 1 is 1.24 bits per heavy atom. The van der Waals surface area contributed by atoms with Crippen molar-refractivity contribution < 1.29 is 14.5 Å². The maximum Gasteiger partial charge on any atom is 0.271 e. The number of nitrogens with one attached hydrogen (secondary N) is 1. The largest absolute Gasteiger partial charge is 0.495 e. The molecule has 0 atom stereocenters. The van der Waals surface area contributed by atoms with Crippen LogP contribution >= 0.6 is 0 Å². The fraction of sp³-hybridized carbons (Fsp3) is 0.263. The van der Waals surface area contributed by atoms with Gasteiger partial charge in [0.15, 0.2) is 0 Å². The molecule has 3 aromatic rings. The summed E-state index contributed by atoms with van der Waals surface area (Å²) in [5, 5.41) is 25.6. The summed E-state index contributed by atoms with van der Waals surface area (Å²) in [6.07, 6.45) is 0. The molecule has 0 radical (unpaired) electrons. The van der Waals surface area contributed by atoms with Crippen LogP contribution in [0.4, 0.5) is 11.4 Å². The molecule has 1 N–H and O–H groups in total. The van der Waals surface area contributed by atoms with Crippen LogP contribution in [0.15, 0.2) is 42.5 Å². The quantitative estimate of drug-likeness (QED) is 0.480. The van der Waals surface area contributed by atoms with Crippen LogP contribution in [0.5, 0.6) is 5.75 Å². The van der Waals surface area contributed by atoms with Crippen molar-refractivity contribution in [3.05, 3.63) is 58.1 Å². The van der Waals surface area contributed by atoms with Crippen molar-refractivity contribution in [3.63, 3.8) is 0 Å². The highest BCUT2D eigenvalue weighted by Crippen LogP contribution is 2.28. The van der Waals surface area contributed by atoms with Crippen LogP contribution in [-0.4, -0.2) is 38.1 Å². The third kappa shape index (κ3) is 4.72. The third-order valence-electron chi connectivity index (χ3n) is 4.24. The number of nitro groups is 1. The van der Waals surface area contributed by atoms with E-state index in [-0.39, 0.29) is 17.9 Å². The van der Waals surface area contributed by atoms with Gasteiger partial charge in [-0.3, -0.25) is 14.9 Å². The minimum Gasteiger partial charge on any atom is -0.495 e. The second-order valence-corrected chi connectivity index (χ2v) is 6.61. The lowest BCUT2D eigenvalue weighted by Gasteiger charge is -2.09. The molecule has 0 bridgehead atoms. The second-order valence-electron chi connectivity index (χ2n) is 6.61. The number of carbonyl (C=O) groups is 1. The number of amides is 1. The fourth-order valence-electron chi connectivity index (χ4n) is 2.67. The minimum absolute atomic E-state index is 0.160. The van der Waals surface area contributed by atoms with Crippen LogP contribution in [0.25, 0.3) is 11.4 Å². The summed E-state index contributed by atoms with van der Waals surface area (Å²) in [6.45, 7) is 4.01. The van der Waals surface area contributed by atoms with Gasteiger partial charge in [-0.25, -0.2) is 0 Å². The molecule has 10 nitrogen and oxygen atoms in total. The lowest BCUT2D eigenvalue weighted by Crippen LogP contribution is -2.20. The van der Waals surface area contributed by atoms with E-state index in [1.807, 2.05) is 24.3 Å². The van der Waals surface area contributed by atoms with Crippen LogP contribution in [0, 0.1) is 10.1 Å². The molecule has 1 amide bonds. The highest BCUT2D eigenvalue weighted by molar-refractivity contribution is 5.92. The van der Waals surface area contributed by atoms with E-state index in [9.17, 15) is 14.9 Å². The average molecular weight is 396 g/mol. The number of hydrogen-bond acceptors (Lipinski definition) is 7. The topological polar surface area (TPSA) is 125 Å². The summed E-state index contributed by atoms with van der Waals surface area (Å²) >= 11 is 0. The number of carbonyl (C=O) groups excluding carboxylic acids is 1. The Kier molecular flexibility index (Phi) is 5.82. The first-order chi connectivity index (χ1) is 13.9. The van der Waals surface area contributed by atoms with Gasteiger partial charge in [-0.1, -0.05) is 38.1 Å². The van der Waals surface area contributed by atoms with E-state index in [1.165, 1.54) is 30.9 Å². The first-order valence-corrected chi connectivity index (χ1v) is 8.88. The standard InChI is InChI=1S/C19H20N6O4/c1-12(2)13-4-6-14(7-5-13)19-21-23-24(22-19)11-18(26)20-16-10-15(25(27)28)8-9-17(16)29-3/h4-10,12H,11H2,1-3H3,(H,20,26). The van der Waals surface area contributed by atoms with Crippen molar-refractivity contribution in [3.8, 4) is 17.1 Å². The molecule has 0 aliphatic heterocycles. The molecule has 0 spiro atoms. The lowest BCUT2D eigenvalue weighted by molar-refractivity contribution is -0.384. The number of tetrazole rings is 1. The molecule has 150 valence electrons. The average Bonchev–Trinajstić information content (AvgIpc) is 3.16. The predicted molar refractivity (Wildman–Crippen MR) is 106 cm³/mol. The number of methoxy groups -OCH3 is 1. The van der Waals surface area contributed by atoms with E-state index >= 15 is 0 Å². The van der Waals surface area contributed by atoms with Crippen molar-refractivity contribution in [1.29, 1.82) is 0 Å². The highest BCUT2D eigenvalue weighted by atomic mass is 16.6. The molecule has 0 saturated carbocycles. The molecule has 1 aromatic heterocycles. The molecule has 0 fully saturated rings. The molecule has 3 rings (SSSR count). The first kappa shape index (κ1) is 19.9. The molecule has 0 saturated heterocycles. The fourth-order valence-corrected chi connectivity index (χ4v) is 2.67. The molecule has 2 aromatic carbocycles. The summed E-state index contributed by atoms with van der Waals surface area (Å²) in [6, 6.07) is 11.8. The van der Waals surface area contributed by atoms with Gasteiger partial charge in [0.05, 0.1) is 17.7 Å². The number of aromatic nitrogens is 4. The van der Waals surface area contributed by atoms with E-state index in [1.54, 1.807) is 0 Å². The number of benzene rings is 2. The number of nitro benzene ring substituents is 1. The maximum absolute atomic E-state index is 12.3. The number of non-ortho nitro benzene ring substituents is 1. The highest BCUT2D eigenvalue weighted by Gasteiger charge is 2.15. The van der Waals surface area contributed by atoms with Gasteiger partial charge in [0.1, 0.15) is 12.3 Å². The zero-order valence-corrected chi connectivity index (χ0v) is 16.2. The van der Waals surface area contributed by atoms with Crippen molar-refractivity contribution in [2.75, 3.05) is 12.4 Å². The number of anilines is 1. The summed E-state index contributed by atoms with van der Waals surface area (Å²) < 4.78 is 5.13. The Bertz CT molecular complexity index is 1030. The smallest absolute Gasteiger partial charge is 0.271 e. The minimum atomic E-state index is -0.551. The van der Waals surface area contributed by atoms with E-state index in [2.05, 4.69) is 34.6 Å². The predicted octanol–water partition coefficient (Wildman–Crippen LogP) is 3.02. The zero-order chi connectivity index (χ0) is 21.0. The number of rotatable bonds is 7. The molecular formula is C19H20N6O4. The number of hydrogen-bond donors (Lipinski definition) is 1. The Hall–Kier alpha value is -3.82. The molecule has 0 aliphatic carbocycles. The molecule has 1 heterocycles. The van der Waals surface area contributed by atoms with Gasteiger partial charge < -0.3 is 10.1 Å². The van der Waals surface area contributed by atoms with Gasteiger partial charge in [0.25, 0.3) is 5.69 Å². The molecule has 29 heavy (non-hydrogen) atoms. The van der Waals surface area contributed by atoms with Gasteiger partial charge in [-0.05, 0) is 22.8 Å². The van der Waals surface area contributed by atoms with Crippen molar-refractivity contribution in [2.45, 2.75) is 26.3 Å². The molecular weight excluding hydrogens is 376 g/mol. The zero-order valence-electron chi connectivity index (χ0n) is 16.2. The van der Waals surface area contributed by atoms with E-state index in [4.69, 9.17) is 4.74 Å². The van der Waals surface area contributed by atoms with Gasteiger partial charge in [-0.2, -0.15) is 4.80 Å². The molecule has 10 heteroatoms. The van der Waals surface area contributed by atoms with Crippen molar-refractivity contribution in [2.24, 2.45) is 0 Å². The van der Waals surface area contributed by atoms with Crippen LogP contribution in [-0.2, 0) is 11.3 Å². The Morgan fingerprint density at radius 2 is 1.97 bits per heavy atom. The summed E-state index contributed by atoms with van der Waals surface area (Å²) in [5.41, 5.74) is 2.02. The van der Waals surface area contributed by atoms with Crippen LogP contribution in [0.1, 0.15) is 25.3 Å². The summed E-state index contributed by atoms with van der Waals surface area (Å²) in [7, 11) is 1.41. The second kappa shape index (κ2) is 8.46. The SMILES string of the molecule is COc1ccc([N+](=O)[O-])cc1NC(=O)Cn1nnc(-c2ccc(C(C)C)cc2)n1. The van der Waals surface area contributed by atoms with Gasteiger partial charge in [-0.15, -0.1) is 10.2 Å². The summed E-state index contributed by atoms with van der Waals surface area (Å²) in [5.74, 6) is 0.660. The van der Waals surface area contributed by atoms with Gasteiger partial charge >= 0.3 is 0 Å². The normalized spacial score (nSPS) is 10.8. The van der Waals surface area contributed by atoms with E-state index < -0.39 is 10.8 Å². The van der Waals surface area contributed by atoms with Crippen molar-refractivity contribution in [1.82, 2.24) is 20.2 Å². The number of ether oxygens (including phenoxy) is 1. The summed E-state index contributed by atoms with van der Waals surface area (Å²) in [4.78, 5) is 23.9. The molecule has 0 unspecified atom stereocenters. The Labute approximate surface area is 166 Å². The Balaban J connectivity index is 1.71. The number of nitrogens with zero attached hydrogens (tertiary/aromatic N) is 5. The van der Waals surface area contributed by atoms with E-state index in [0.717, 1.165) is 10.4 Å². The molecule has 0 aliphatic rings. The van der Waals surface area contributed by atoms with Crippen LogP contribution < -0.4 is 10.1 Å². The Morgan fingerprint density at radius 3 is 2.59 bits per heavy atom. The lowest BCUT2D eigenvalue weighted by atomic mass is 10.0. The monoisotopic (exact) mass is 396 g/mol. The maximum atomic E-state index is 12.3. The van der Waals surface area contributed by atoms with Crippen LogP contribution in [0.2, 0.25) is 0 Å². The third-order valence-corrected chi connectivity index (χ3v) is 4.24. The van der Waals surface area contributed by atoms with Gasteiger partial charge in [0, 0.05) is 17.7 Å². The van der Waals surface area contributed by atoms with Gasteiger partial charge in [0.2, 0.25) is 11.7 Å². The van der Waals surface area contributed by atoms with Crippen LogP contribution in [0.3, 0.4) is 0 Å². The van der Waals surface area contributed by atoms with Crippen molar-refractivity contribution >= 4 is 17.3 Å². The first-order valence-electron chi connectivity index (χ1n) is 8.88. The van der Waals surface area contributed by atoms with E-state index in [0.29, 0.717) is 17.5 Å².